The molecule has 0 amide bonds. The molecular formula is C23H32O6. The fourth-order valence-electron chi connectivity index (χ4n) is 7.23. The molecule has 6 nitrogen and oxygen atoms in total. The van der Waals surface area contributed by atoms with Gasteiger partial charge in [-0.1, -0.05) is 12.5 Å². The van der Waals surface area contributed by atoms with E-state index in [1.807, 2.05) is 0 Å². The van der Waals surface area contributed by atoms with Crippen LogP contribution in [0.15, 0.2) is 11.6 Å². The topological polar surface area (TPSA) is 89.9 Å². The van der Waals surface area contributed by atoms with E-state index in [0.29, 0.717) is 18.3 Å². The van der Waals surface area contributed by atoms with Gasteiger partial charge in [0.2, 0.25) is 0 Å². The molecule has 3 saturated carbocycles. The summed E-state index contributed by atoms with van der Waals surface area (Å²) in [5, 5.41) is 10.4. The number of carbonyl (C=O) groups is 3. The molecule has 0 aliphatic heterocycles. The SMILES string of the molecule is CC(=O)OC[C@]12C[C@H](O)C(=O)C=C1CC[C@@H]1[C@@H]2CC[C@]2(C)[C@@H](OC(C)=O)CC[C@@H]12. The van der Waals surface area contributed by atoms with Crippen molar-refractivity contribution in [2.45, 2.75) is 77.9 Å². The van der Waals surface area contributed by atoms with Gasteiger partial charge in [0.05, 0.1) is 0 Å². The largest absolute Gasteiger partial charge is 0.465 e. The Labute approximate surface area is 172 Å². The maximum atomic E-state index is 12.2. The molecule has 3 fully saturated rings. The molecule has 0 aromatic rings. The van der Waals surface area contributed by atoms with Crippen LogP contribution in [0.5, 0.6) is 0 Å². The van der Waals surface area contributed by atoms with Gasteiger partial charge in [-0.3, -0.25) is 14.4 Å². The maximum absolute atomic E-state index is 12.2. The molecule has 160 valence electrons. The number of ketones is 1. The van der Waals surface area contributed by atoms with E-state index in [9.17, 15) is 19.5 Å². The van der Waals surface area contributed by atoms with Gasteiger partial charge in [0.1, 0.15) is 18.8 Å². The van der Waals surface area contributed by atoms with E-state index in [1.54, 1.807) is 6.08 Å². The number of esters is 2. The third kappa shape index (κ3) is 3.24. The lowest BCUT2D eigenvalue weighted by Gasteiger charge is -2.58. The van der Waals surface area contributed by atoms with Gasteiger partial charge in [0, 0.05) is 24.7 Å². The van der Waals surface area contributed by atoms with E-state index < -0.39 is 11.5 Å². The predicted octanol–water partition coefficient (Wildman–Crippen LogP) is 2.96. The molecule has 0 bridgehead atoms. The van der Waals surface area contributed by atoms with Crippen LogP contribution in [0.3, 0.4) is 0 Å². The molecular weight excluding hydrogens is 372 g/mol. The number of carbonyl (C=O) groups excluding carboxylic acids is 3. The van der Waals surface area contributed by atoms with Crippen LogP contribution in [0.1, 0.15) is 65.7 Å². The van der Waals surface area contributed by atoms with Crippen molar-refractivity contribution in [3.05, 3.63) is 11.6 Å². The first kappa shape index (κ1) is 20.6. The standard InChI is InChI=1S/C23H32O6/c1-13(24)28-12-23-11-20(27)19(26)10-15(23)4-5-16-17-6-7-21(29-14(2)25)22(17,3)9-8-18(16)23/h10,16-18,20-21,27H,4-9,11-12H2,1-3H3/t16-,17-,18-,20-,21-,22-,23+/m0/s1. The van der Waals surface area contributed by atoms with Crippen LogP contribution in [0.25, 0.3) is 0 Å². The van der Waals surface area contributed by atoms with E-state index in [2.05, 4.69) is 6.92 Å². The summed E-state index contributed by atoms with van der Waals surface area (Å²) in [6, 6.07) is 0. The van der Waals surface area contributed by atoms with Gasteiger partial charge < -0.3 is 14.6 Å². The minimum absolute atomic E-state index is 0.0280. The summed E-state index contributed by atoms with van der Waals surface area (Å²) in [7, 11) is 0. The highest BCUT2D eigenvalue weighted by Gasteiger charge is 2.62. The Morgan fingerprint density at radius 2 is 1.90 bits per heavy atom. The van der Waals surface area contributed by atoms with E-state index in [-0.39, 0.29) is 41.8 Å². The number of ether oxygens (including phenoxy) is 2. The van der Waals surface area contributed by atoms with Crippen molar-refractivity contribution in [1.82, 2.24) is 0 Å². The molecule has 4 aliphatic carbocycles. The van der Waals surface area contributed by atoms with E-state index in [0.717, 1.165) is 44.1 Å². The second-order valence-electron chi connectivity index (χ2n) is 9.86. The third-order valence-corrected chi connectivity index (χ3v) is 8.49. The zero-order chi connectivity index (χ0) is 21.0. The Bertz CT molecular complexity index is 756. The second-order valence-corrected chi connectivity index (χ2v) is 9.86. The number of fused-ring (bicyclic) bond motifs is 5. The minimum atomic E-state index is -1.03. The zero-order valence-electron chi connectivity index (χ0n) is 17.6. The molecule has 0 spiro atoms. The summed E-state index contributed by atoms with van der Waals surface area (Å²) in [5.74, 6) is 0.349. The average Bonchev–Trinajstić information content (AvgIpc) is 2.97. The van der Waals surface area contributed by atoms with Gasteiger partial charge in [-0.05, 0) is 68.8 Å². The lowest BCUT2D eigenvalue weighted by molar-refractivity contribution is -0.161. The monoisotopic (exact) mass is 404 g/mol. The fraction of sp³-hybridized carbons (Fsp3) is 0.783. The van der Waals surface area contributed by atoms with Crippen LogP contribution in [0.2, 0.25) is 0 Å². The lowest BCUT2D eigenvalue weighted by Crippen LogP contribution is -2.56. The quantitative estimate of drug-likeness (QED) is 0.728. The second kappa shape index (κ2) is 7.22. The number of hydrogen-bond donors (Lipinski definition) is 1. The first-order valence-electron chi connectivity index (χ1n) is 10.9. The lowest BCUT2D eigenvalue weighted by atomic mass is 9.47. The molecule has 0 radical (unpaired) electrons. The number of aliphatic hydroxyl groups is 1. The first-order valence-corrected chi connectivity index (χ1v) is 10.9. The van der Waals surface area contributed by atoms with Crippen molar-refractivity contribution in [1.29, 1.82) is 0 Å². The highest BCUT2D eigenvalue weighted by molar-refractivity contribution is 5.95. The van der Waals surface area contributed by atoms with Crippen molar-refractivity contribution < 1.29 is 29.0 Å². The van der Waals surface area contributed by atoms with E-state index in [4.69, 9.17) is 9.47 Å². The highest BCUT2D eigenvalue weighted by atomic mass is 16.5. The van der Waals surface area contributed by atoms with Crippen LogP contribution in [-0.2, 0) is 23.9 Å². The molecule has 7 atom stereocenters. The predicted molar refractivity (Wildman–Crippen MR) is 105 cm³/mol. The fourth-order valence-corrected chi connectivity index (χ4v) is 7.23. The molecule has 0 unspecified atom stereocenters. The molecule has 4 aliphatic rings. The third-order valence-electron chi connectivity index (χ3n) is 8.49. The summed E-state index contributed by atoms with van der Waals surface area (Å²) in [4.78, 5) is 35.4. The van der Waals surface area contributed by atoms with Gasteiger partial charge in [-0.15, -0.1) is 0 Å². The van der Waals surface area contributed by atoms with Crippen molar-refractivity contribution in [3.8, 4) is 0 Å². The molecule has 1 N–H and O–H groups in total. The Morgan fingerprint density at radius 3 is 2.59 bits per heavy atom. The average molecular weight is 405 g/mol. The molecule has 29 heavy (non-hydrogen) atoms. The van der Waals surface area contributed by atoms with E-state index >= 15 is 0 Å². The van der Waals surface area contributed by atoms with Gasteiger partial charge in [0.15, 0.2) is 5.78 Å². The Hall–Kier alpha value is -1.69. The number of hydrogen-bond acceptors (Lipinski definition) is 6. The smallest absolute Gasteiger partial charge is 0.302 e. The van der Waals surface area contributed by atoms with Crippen molar-refractivity contribution >= 4 is 17.7 Å². The van der Waals surface area contributed by atoms with E-state index in [1.165, 1.54) is 13.8 Å². The van der Waals surface area contributed by atoms with Crippen molar-refractivity contribution in [2.75, 3.05) is 6.61 Å². The Morgan fingerprint density at radius 1 is 1.14 bits per heavy atom. The van der Waals surface area contributed by atoms with Crippen molar-refractivity contribution in [3.63, 3.8) is 0 Å². The van der Waals surface area contributed by atoms with Gasteiger partial charge in [0.25, 0.3) is 0 Å². The van der Waals surface area contributed by atoms with Gasteiger partial charge in [-0.25, -0.2) is 0 Å². The normalized spacial score (nSPS) is 43.5. The number of aliphatic hydroxyl groups excluding tert-OH is 1. The van der Waals surface area contributed by atoms with Crippen LogP contribution < -0.4 is 0 Å². The van der Waals surface area contributed by atoms with Crippen LogP contribution in [0.4, 0.5) is 0 Å². The van der Waals surface area contributed by atoms with Gasteiger partial charge >= 0.3 is 11.9 Å². The molecule has 0 heterocycles. The molecule has 0 aromatic carbocycles. The maximum Gasteiger partial charge on any atom is 0.302 e. The first-order chi connectivity index (χ1) is 13.7. The zero-order valence-corrected chi connectivity index (χ0v) is 17.6. The summed E-state index contributed by atoms with van der Waals surface area (Å²) < 4.78 is 11.2. The molecule has 4 rings (SSSR count). The Kier molecular flexibility index (Phi) is 5.12. The summed E-state index contributed by atoms with van der Waals surface area (Å²) in [6.45, 7) is 5.38. The van der Waals surface area contributed by atoms with Crippen LogP contribution >= 0.6 is 0 Å². The molecule has 0 aromatic heterocycles. The van der Waals surface area contributed by atoms with Crippen LogP contribution in [0, 0.1) is 28.6 Å². The summed E-state index contributed by atoms with van der Waals surface area (Å²) in [5.41, 5.74) is 0.566. The summed E-state index contributed by atoms with van der Waals surface area (Å²) >= 11 is 0. The van der Waals surface area contributed by atoms with Gasteiger partial charge in [-0.2, -0.15) is 0 Å². The number of rotatable bonds is 3. The van der Waals surface area contributed by atoms with Crippen molar-refractivity contribution in [2.24, 2.45) is 28.6 Å². The minimum Gasteiger partial charge on any atom is -0.465 e. The Balaban J connectivity index is 1.67. The molecule has 0 saturated heterocycles. The summed E-state index contributed by atoms with van der Waals surface area (Å²) in [6.07, 6.45) is 6.47. The van der Waals surface area contributed by atoms with Crippen LogP contribution in [-0.4, -0.2) is 41.6 Å². The highest BCUT2D eigenvalue weighted by Crippen LogP contribution is 2.65. The molecule has 6 heteroatoms.